The Labute approximate surface area is 191 Å². The van der Waals surface area contributed by atoms with Crippen LogP contribution in [0.25, 0.3) is 0 Å². The van der Waals surface area contributed by atoms with Crippen LogP contribution >= 0.6 is 23.1 Å². The third-order valence-corrected chi connectivity index (χ3v) is 7.21. The van der Waals surface area contributed by atoms with E-state index in [0.717, 1.165) is 41.2 Å². The molecule has 8 heteroatoms. The fraction of sp³-hybridized carbons (Fsp3) is 0.348. The summed E-state index contributed by atoms with van der Waals surface area (Å²) in [6.45, 7) is 6.80. The van der Waals surface area contributed by atoms with Crippen molar-refractivity contribution in [1.82, 2.24) is 20.4 Å². The largest absolute Gasteiger partial charge is 0.351 e. The van der Waals surface area contributed by atoms with Gasteiger partial charge in [-0.3, -0.25) is 9.69 Å². The van der Waals surface area contributed by atoms with E-state index in [1.54, 1.807) is 0 Å². The number of nitrogens with one attached hydrogen (secondary N) is 2. The highest BCUT2D eigenvalue weighted by Gasteiger charge is 2.26. The maximum Gasteiger partial charge on any atom is 0.233 e. The lowest BCUT2D eigenvalue weighted by atomic mass is 10.2. The van der Waals surface area contributed by atoms with Gasteiger partial charge in [-0.15, -0.1) is 10.2 Å². The Morgan fingerprint density at radius 2 is 2.06 bits per heavy atom. The first-order valence-corrected chi connectivity index (χ1v) is 12.2. The van der Waals surface area contributed by atoms with Crippen molar-refractivity contribution in [3.63, 3.8) is 0 Å². The van der Waals surface area contributed by atoms with Gasteiger partial charge < -0.3 is 10.6 Å². The number of benzene rings is 2. The minimum absolute atomic E-state index is 0.0555. The Bertz CT molecular complexity index is 1010. The lowest BCUT2D eigenvalue weighted by molar-refractivity contribution is -0.120. The van der Waals surface area contributed by atoms with E-state index in [0.29, 0.717) is 0 Å². The first kappa shape index (κ1) is 21.8. The maximum absolute atomic E-state index is 12.7. The molecule has 0 bridgehead atoms. The molecule has 1 aliphatic rings. The summed E-state index contributed by atoms with van der Waals surface area (Å²) in [5.74, 6) is 0.0555. The van der Waals surface area contributed by atoms with Crippen LogP contribution in [-0.4, -0.2) is 45.4 Å². The molecule has 2 heterocycles. The number of carbonyl (C=O) groups is 1. The molecule has 2 aromatic carbocycles. The third kappa shape index (κ3) is 6.29. The molecule has 3 aromatic rings. The van der Waals surface area contributed by atoms with E-state index >= 15 is 0 Å². The molecule has 0 spiro atoms. The number of anilines is 2. The number of likely N-dealkylation sites (tertiary alicyclic amines) is 1. The second-order valence-electron chi connectivity index (χ2n) is 7.84. The second-order valence-corrected chi connectivity index (χ2v) is 10.4. The number of hydrogen-bond donors (Lipinski definition) is 2. The molecule has 162 valence electrons. The third-order valence-electron chi connectivity index (χ3n) is 5.19. The molecule has 0 radical (unpaired) electrons. The van der Waals surface area contributed by atoms with Crippen LogP contribution in [0.15, 0.2) is 58.9 Å². The molecule has 4 rings (SSSR count). The molecule has 2 unspecified atom stereocenters. The smallest absolute Gasteiger partial charge is 0.233 e. The number of thioether (sulfide) groups is 1. The van der Waals surface area contributed by atoms with E-state index in [4.69, 9.17) is 0 Å². The van der Waals surface area contributed by atoms with Crippen molar-refractivity contribution in [2.45, 2.75) is 42.4 Å². The van der Waals surface area contributed by atoms with Crippen molar-refractivity contribution < 1.29 is 4.79 Å². The van der Waals surface area contributed by atoms with Crippen LogP contribution in [-0.2, 0) is 11.3 Å². The average molecular weight is 454 g/mol. The van der Waals surface area contributed by atoms with E-state index in [2.05, 4.69) is 69.1 Å². The van der Waals surface area contributed by atoms with Gasteiger partial charge in [-0.1, -0.05) is 65.6 Å². The van der Waals surface area contributed by atoms with Crippen molar-refractivity contribution in [2.24, 2.45) is 0 Å². The van der Waals surface area contributed by atoms with Gasteiger partial charge in [0.1, 0.15) is 0 Å². The lowest BCUT2D eigenvalue weighted by Crippen LogP contribution is -2.40. The van der Waals surface area contributed by atoms with Gasteiger partial charge in [-0.2, -0.15) is 0 Å². The van der Waals surface area contributed by atoms with Gasteiger partial charge in [0.25, 0.3) is 0 Å². The van der Waals surface area contributed by atoms with Gasteiger partial charge in [0.05, 0.1) is 5.25 Å². The van der Waals surface area contributed by atoms with E-state index in [-0.39, 0.29) is 17.2 Å². The molecular formula is C23H27N5OS2. The number of rotatable bonds is 8. The summed E-state index contributed by atoms with van der Waals surface area (Å²) in [5, 5.41) is 15.4. The number of nitrogens with zero attached hydrogens (tertiary/aromatic N) is 3. The van der Waals surface area contributed by atoms with Gasteiger partial charge in [0.2, 0.25) is 11.0 Å². The van der Waals surface area contributed by atoms with E-state index < -0.39 is 0 Å². The highest BCUT2D eigenvalue weighted by atomic mass is 32.2. The predicted molar refractivity (Wildman–Crippen MR) is 128 cm³/mol. The number of aromatic nitrogens is 2. The molecule has 1 aromatic heterocycles. The molecule has 31 heavy (non-hydrogen) atoms. The maximum atomic E-state index is 12.7. The van der Waals surface area contributed by atoms with Gasteiger partial charge in [-0.05, 0) is 43.5 Å². The van der Waals surface area contributed by atoms with Crippen molar-refractivity contribution in [3.8, 4) is 0 Å². The SMILES string of the molecule is Cc1cccc(Nc2nnc(SC(C)C(=O)NC3CCN(Cc4ccccc4)C3)s2)c1. The van der Waals surface area contributed by atoms with Crippen LogP contribution in [0.2, 0.25) is 0 Å². The van der Waals surface area contributed by atoms with Crippen LogP contribution < -0.4 is 10.6 Å². The molecule has 1 aliphatic heterocycles. The molecule has 1 fully saturated rings. The molecule has 0 aliphatic carbocycles. The van der Waals surface area contributed by atoms with E-state index in [9.17, 15) is 4.79 Å². The zero-order chi connectivity index (χ0) is 21.6. The number of hydrogen-bond acceptors (Lipinski definition) is 7. The fourth-order valence-corrected chi connectivity index (χ4v) is 5.54. The molecule has 2 N–H and O–H groups in total. The van der Waals surface area contributed by atoms with Crippen LogP contribution in [0.5, 0.6) is 0 Å². The zero-order valence-electron chi connectivity index (χ0n) is 17.7. The zero-order valence-corrected chi connectivity index (χ0v) is 19.4. The minimum Gasteiger partial charge on any atom is -0.351 e. The minimum atomic E-state index is -0.219. The Hall–Kier alpha value is -2.42. The molecule has 0 saturated carbocycles. The van der Waals surface area contributed by atoms with Gasteiger partial charge in [0.15, 0.2) is 4.34 Å². The number of carbonyl (C=O) groups excluding carboxylic acids is 1. The van der Waals surface area contributed by atoms with Gasteiger partial charge >= 0.3 is 0 Å². The molecule has 1 amide bonds. The van der Waals surface area contributed by atoms with Crippen molar-refractivity contribution in [3.05, 3.63) is 65.7 Å². The highest BCUT2D eigenvalue weighted by molar-refractivity contribution is 8.02. The number of amides is 1. The predicted octanol–water partition coefficient (Wildman–Crippen LogP) is 4.46. The van der Waals surface area contributed by atoms with E-state index in [1.807, 2.05) is 25.1 Å². The Balaban J connectivity index is 1.24. The highest BCUT2D eigenvalue weighted by Crippen LogP contribution is 2.30. The fourth-order valence-electron chi connectivity index (χ4n) is 3.61. The summed E-state index contributed by atoms with van der Waals surface area (Å²) >= 11 is 2.92. The summed E-state index contributed by atoms with van der Waals surface area (Å²) < 4.78 is 0.787. The second kappa shape index (κ2) is 10.3. The Kier molecular flexibility index (Phi) is 7.21. The molecule has 1 saturated heterocycles. The Morgan fingerprint density at radius 1 is 1.23 bits per heavy atom. The van der Waals surface area contributed by atoms with Gasteiger partial charge in [-0.25, -0.2) is 0 Å². The molecule has 2 atom stereocenters. The van der Waals surface area contributed by atoms with Crippen LogP contribution in [0.3, 0.4) is 0 Å². The van der Waals surface area contributed by atoms with Crippen molar-refractivity contribution in [2.75, 3.05) is 18.4 Å². The first-order chi connectivity index (χ1) is 15.0. The van der Waals surface area contributed by atoms with Crippen LogP contribution in [0, 0.1) is 6.92 Å². The molecular weight excluding hydrogens is 426 g/mol. The normalized spacial score (nSPS) is 17.4. The summed E-state index contributed by atoms with van der Waals surface area (Å²) in [5.41, 5.74) is 3.48. The Morgan fingerprint density at radius 3 is 2.87 bits per heavy atom. The van der Waals surface area contributed by atoms with Crippen LogP contribution in [0.4, 0.5) is 10.8 Å². The van der Waals surface area contributed by atoms with E-state index in [1.165, 1.54) is 34.2 Å². The summed E-state index contributed by atoms with van der Waals surface area (Å²) in [6.07, 6.45) is 0.985. The number of aryl methyl sites for hydroxylation is 1. The summed E-state index contributed by atoms with van der Waals surface area (Å²) in [7, 11) is 0. The molecule has 6 nitrogen and oxygen atoms in total. The quantitative estimate of drug-likeness (QED) is 0.491. The monoisotopic (exact) mass is 453 g/mol. The van der Waals surface area contributed by atoms with Gasteiger partial charge in [0, 0.05) is 31.4 Å². The average Bonchev–Trinajstić information content (AvgIpc) is 3.38. The van der Waals surface area contributed by atoms with Crippen molar-refractivity contribution in [1.29, 1.82) is 0 Å². The summed E-state index contributed by atoms with van der Waals surface area (Å²) in [4.78, 5) is 15.1. The standard InChI is InChI=1S/C23H27N5OS2/c1-16-7-6-10-19(13-16)25-22-26-27-23(31-22)30-17(2)21(29)24-20-11-12-28(15-20)14-18-8-4-3-5-9-18/h3-10,13,17,20H,11-12,14-15H2,1-2H3,(H,24,29)(H,25,26). The van der Waals surface area contributed by atoms with Crippen molar-refractivity contribution >= 4 is 39.8 Å². The lowest BCUT2D eigenvalue weighted by Gasteiger charge is -2.18. The summed E-state index contributed by atoms with van der Waals surface area (Å²) in [6, 6.07) is 18.8. The van der Waals surface area contributed by atoms with Crippen LogP contribution in [0.1, 0.15) is 24.5 Å². The topological polar surface area (TPSA) is 70.1 Å². The first-order valence-electron chi connectivity index (χ1n) is 10.5.